The van der Waals surface area contributed by atoms with Gasteiger partial charge in [-0.3, -0.25) is 4.79 Å². The zero-order valence-electron chi connectivity index (χ0n) is 13.0. The molecule has 1 heterocycles. The van der Waals surface area contributed by atoms with Crippen molar-refractivity contribution in [2.24, 2.45) is 0 Å². The van der Waals surface area contributed by atoms with Crippen molar-refractivity contribution in [2.45, 2.75) is 46.2 Å². The summed E-state index contributed by atoms with van der Waals surface area (Å²) in [5, 5.41) is 0. The third-order valence-corrected chi connectivity index (χ3v) is 3.42. The predicted octanol–water partition coefficient (Wildman–Crippen LogP) is 3.85. The largest absolute Gasteiger partial charge is 0.438 e. The van der Waals surface area contributed by atoms with E-state index < -0.39 is 0 Å². The van der Waals surface area contributed by atoms with Crippen LogP contribution in [0.1, 0.15) is 55.4 Å². The number of amides is 1. The van der Waals surface area contributed by atoms with Gasteiger partial charge in [0.05, 0.1) is 5.69 Å². The van der Waals surface area contributed by atoms with Gasteiger partial charge in [-0.05, 0) is 25.3 Å². The normalized spacial score (nSPS) is 11.1. The molecule has 0 radical (unpaired) electrons. The van der Waals surface area contributed by atoms with Crippen LogP contribution in [0, 0.1) is 0 Å². The molecule has 2 rings (SSSR count). The van der Waals surface area contributed by atoms with Crippen LogP contribution in [0.25, 0.3) is 0 Å². The number of nitrogens with zero attached hydrogens (tertiary/aromatic N) is 2. The van der Waals surface area contributed by atoms with Crippen LogP contribution in [0.4, 0.5) is 0 Å². The smallest absolute Gasteiger partial charge is 0.292 e. The SMILES string of the molecule is CC(C)c1ncoc1C(=O)N(Cc1ccccc1)C(C)C. The summed E-state index contributed by atoms with van der Waals surface area (Å²) in [4.78, 5) is 18.7. The first-order valence-electron chi connectivity index (χ1n) is 7.29. The first-order valence-corrected chi connectivity index (χ1v) is 7.29. The Hall–Kier alpha value is -2.10. The molecule has 0 N–H and O–H groups in total. The zero-order valence-corrected chi connectivity index (χ0v) is 13.0. The highest BCUT2D eigenvalue weighted by Crippen LogP contribution is 2.21. The van der Waals surface area contributed by atoms with Gasteiger partial charge in [-0.15, -0.1) is 0 Å². The van der Waals surface area contributed by atoms with Gasteiger partial charge in [-0.25, -0.2) is 4.98 Å². The van der Waals surface area contributed by atoms with E-state index in [1.165, 1.54) is 6.39 Å². The Morgan fingerprint density at radius 1 is 1.19 bits per heavy atom. The highest BCUT2D eigenvalue weighted by molar-refractivity contribution is 5.92. The lowest BCUT2D eigenvalue weighted by atomic mass is 10.1. The predicted molar refractivity (Wildman–Crippen MR) is 82.0 cm³/mol. The molecule has 0 fully saturated rings. The number of hydrogen-bond donors (Lipinski definition) is 0. The fourth-order valence-corrected chi connectivity index (χ4v) is 2.23. The van der Waals surface area contributed by atoms with Crippen molar-refractivity contribution in [1.82, 2.24) is 9.88 Å². The van der Waals surface area contributed by atoms with Crippen LogP contribution < -0.4 is 0 Å². The Labute approximate surface area is 125 Å². The van der Waals surface area contributed by atoms with Crippen LogP contribution in [0.15, 0.2) is 41.1 Å². The maximum Gasteiger partial charge on any atom is 0.292 e. The molecule has 0 aliphatic rings. The number of oxazole rings is 1. The van der Waals surface area contributed by atoms with Crippen molar-refractivity contribution in [3.63, 3.8) is 0 Å². The van der Waals surface area contributed by atoms with Crippen molar-refractivity contribution >= 4 is 5.91 Å². The first kappa shape index (κ1) is 15.3. The Morgan fingerprint density at radius 2 is 1.86 bits per heavy atom. The van der Waals surface area contributed by atoms with E-state index in [2.05, 4.69) is 4.98 Å². The van der Waals surface area contributed by atoms with Crippen LogP contribution in [0.2, 0.25) is 0 Å². The standard InChI is InChI=1S/C17H22N2O2/c1-12(2)15-16(21-11-18-15)17(20)19(13(3)4)10-14-8-6-5-7-9-14/h5-9,11-13H,10H2,1-4H3. The number of hydrogen-bond acceptors (Lipinski definition) is 3. The molecule has 2 aromatic rings. The van der Waals surface area contributed by atoms with Crippen molar-refractivity contribution in [3.05, 3.63) is 53.7 Å². The third-order valence-electron chi connectivity index (χ3n) is 3.42. The maximum absolute atomic E-state index is 12.8. The van der Waals surface area contributed by atoms with E-state index in [9.17, 15) is 4.79 Å². The van der Waals surface area contributed by atoms with Crippen LogP contribution in [0.5, 0.6) is 0 Å². The number of carbonyl (C=O) groups is 1. The Kier molecular flexibility index (Phi) is 4.78. The summed E-state index contributed by atoms with van der Waals surface area (Å²) in [5.41, 5.74) is 1.82. The molecule has 0 unspecified atom stereocenters. The van der Waals surface area contributed by atoms with Gasteiger partial charge in [0, 0.05) is 12.6 Å². The van der Waals surface area contributed by atoms with E-state index in [0.717, 1.165) is 11.3 Å². The zero-order chi connectivity index (χ0) is 15.4. The first-order chi connectivity index (χ1) is 10.0. The highest BCUT2D eigenvalue weighted by atomic mass is 16.3. The molecule has 1 aromatic heterocycles. The van der Waals surface area contributed by atoms with Crippen LogP contribution in [-0.4, -0.2) is 21.8 Å². The lowest BCUT2D eigenvalue weighted by molar-refractivity contribution is 0.0655. The lowest BCUT2D eigenvalue weighted by Crippen LogP contribution is -2.36. The molecule has 4 nitrogen and oxygen atoms in total. The molecule has 4 heteroatoms. The molecule has 0 atom stereocenters. The summed E-state index contributed by atoms with van der Waals surface area (Å²) in [5.74, 6) is 0.415. The maximum atomic E-state index is 12.8. The second kappa shape index (κ2) is 6.57. The van der Waals surface area contributed by atoms with E-state index in [-0.39, 0.29) is 17.9 Å². The average Bonchev–Trinajstić information content (AvgIpc) is 2.94. The monoisotopic (exact) mass is 286 g/mol. The Morgan fingerprint density at radius 3 is 2.43 bits per heavy atom. The van der Waals surface area contributed by atoms with E-state index in [1.54, 1.807) is 0 Å². The van der Waals surface area contributed by atoms with E-state index in [0.29, 0.717) is 12.3 Å². The summed E-state index contributed by atoms with van der Waals surface area (Å²) in [6.45, 7) is 8.59. The molecular formula is C17H22N2O2. The molecule has 0 aliphatic carbocycles. The third kappa shape index (κ3) is 3.51. The van der Waals surface area contributed by atoms with Gasteiger partial charge in [-0.2, -0.15) is 0 Å². The quantitative estimate of drug-likeness (QED) is 0.838. The summed E-state index contributed by atoms with van der Waals surface area (Å²) >= 11 is 0. The van der Waals surface area contributed by atoms with Gasteiger partial charge in [0.1, 0.15) is 0 Å². The number of carbonyl (C=O) groups excluding carboxylic acids is 1. The number of aromatic nitrogens is 1. The van der Waals surface area contributed by atoms with Gasteiger partial charge in [0.15, 0.2) is 6.39 Å². The number of benzene rings is 1. The molecule has 0 spiro atoms. The Bertz CT molecular complexity index is 588. The van der Waals surface area contributed by atoms with Crippen molar-refractivity contribution in [2.75, 3.05) is 0 Å². The minimum absolute atomic E-state index is 0.0859. The van der Waals surface area contributed by atoms with Crippen LogP contribution >= 0.6 is 0 Å². The summed E-state index contributed by atoms with van der Waals surface area (Å²) in [6, 6.07) is 10.1. The minimum Gasteiger partial charge on any atom is -0.438 e. The fraction of sp³-hybridized carbons (Fsp3) is 0.412. The van der Waals surface area contributed by atoms with Crippen LogP contribution in [-0.2, 0) is 6.54 Å². The topological polar surface area (TPSA) is 46.3 Å². The van der Waals surface area contributed by atoms with Crippen molar-refractivity contribution in [3.8, 4) is 0 Å². The minimum atomic E-state index is -0.102. The van der Waals surface area contributed by atoms with Gasteiger partial charge in [0.25, 0.3) is 5.91 Å². The van der Waals surface area contributed by atoms with Crippen LogP contribution in [0.3, 0.4) is 0 Å². The molecule has 1 aromatic carbocycles. The van der Waals surface area contributed by atoms with Crippen molar-refractivity contribution < 1.29 is 9.21 Å². The molecular weight excluding hydrogens is 264 g/mol. The second-order valence-electron chi connectivity index (χ2n) is 5.73. The summed E-state index contributed by atoms with van der Waals surface area (Å²) in [7, 11) is 0. The van der Waals surface area contributed by atoms with E-state index >= 15 is 0 Å². The molecule has 0 bridgehead atoms. The summed E-state index contributed by atoms with van der Waals surface area (Å²) in [6.07, 6.45) is 1.35. The van der Waals surface area contributed by atoms with E-state index in [4.69, 9.17) is 4.42 Å². The highest BCUT2D eigenvalue weighted by Gasteiger charge is 2.26. The van der Waals surface area contributed by atoms with E-state index in [1.807, 2.05) is 62.9 Å². The molecule has 1 amide bonds. The molecule has 0 saturated heterocycles. The van der Waals surface area contributed by atoms with Gasteiger partial charge < -0.3 is 9.32 Å². The molecule has 112 valence electrons. The van der Waals surface area contributed by atoms with Crippen molar-refractivity contribution in [1.29, 1.82) is 0 Å². The molecule has 0 aliphatic heterocycles. The number of rotatable bonds is 5. The Balaban J connectivity index is 2.26. The van der Waals surface area contributed by atoms with Gasteiger partial charge in [0.2, 0.25) is 5.76 Å². The lowest BCUT2D eigenvalue weighted by Gasteiger charge is -2.26. The fourth-order valence-electron chi connectivity index (χ4n) is 2.23. The average molecular weight is 286 g/mol. The van der Waals surface area contributed by atoms with Gasteiger partial charge in [-0.1, -0.05) is 44.2 Å². The molecule has 0 saturated carbocycles. The molecule has 21 heavy (non-hydrogen) atoms. The van der Waals surface area contributed by atoms with Gasteiger partial charge >= 0.3 is 0 Å². The summed E-state index contributed by atoms with van der Waals surface area (Å²) < 4.78 is 5.35. The second-order valence-corrected chi connectivity index (χ2v) is 5.73.